The van der Waals surface area contributed by atoms with Gasteiger partial charge in [-0.15, -0.1) is 0 Å². The van der Waals surface area contributed by atoms with E-state index in [-0.39, 0.29) is 5.96 Å². The van der Waals surface area contributed by atoms with Gasteiger partial charge in [0.1, 0.15) is 5.84 Å². The first-order chi connectivity index (χ1) is 7.66. The SMILES string of the molecule is CNN=C(N)CCCCCCCNC(=N)N. The molecule has 6 nitrogen and oxygen atoms in total. The molecule has 0 aromatic rings. The van der Waals surface area contributed by atoms with Gasteiger partial charge < -0.3 is 22.2 Å². The van der Waals surface area contributed by atoms with E-state index < -0.39 is 0 Å². The Bertz CT molecular complexity index is 213. The van der Waals surface area contributed by atoms with Crippen molar-refractivity contribution in [1.29, 1.82) is 5.41 Å². The van der Waals surface area contributed by atoms with Gasteiger partial charge in [-0.3, -0.25) is 5.41 Å². The molecular formula is C10H24N6. The smallest absolute Gasteiger partial charge is 0.185 e. The van der Waals surface area contributed by atoms with Gasteiger partial charge in [-0.05, 0) is 12.8 Å². The van der Waals surface area contributed by atoms with Crippen LogP contribution in [-0.2, 0) is 0 Å². The molecule has 0 aliphatic carbocycles. The lowest BCUT2D eigenvalue weighted by Crippen LogP contribution is -2.30. The molecule has 0 aromatic heterocycles. The second kappa shape index (κ2) is 10.1. The van der Waals surface area contributed by atoms with Crippen molar-refractivity contribution in [3.63, 3.8) is 0 Å². The number of nitrogens with two attached hydrogens (primary N) is 2. The summed E-state index contributed by atoms with van der Waals surface area (Å²) in [6.45, 7) is 0.790. The van der Waals surface area contributed by atoms with Crippen molar-refractivity contribution in [2.24, 2.45) is 16.6 Å². The minimum atomic E-state index is 0.0519. The van der Waals surface area contributed by atoms with E-state index in [9.17, 15) is 0 Å². The predicted octanol–water partition coefficient (Wildman–Crippen LogP) is 0.302. The summed E-state index contributed by atoms with van der Waals surface area (Å²) in [6, 6.07) is 0. The highest BCUT2D eigenvalue weighted by Gasteiger charge is 1.94. The Kier molecular flexibility index (Phi) is 9.15. The quantitative estimate of drug-likeness (QED) is 0.169. The van der Waals surface area contributed by atoms with Crippen molar-refractivity contribution in [3.8, 4) is 0 Å². The molecule has 0 spiro atoms. The molecule has 0 saturated carbocycles. The fourth-order valence-electron chi connectivity index (χ4n) is 1.38. The van der Waals surface area contributed by atoms with Crippen LogP contribution in [0.5, 0.6) is 0 Å². The molecule has 0 heterocycles. The highest BCUT2D eigenvalue weighted by Crippen LogP contribution is 2.04. The molecule has 0 fully saturated rings. The van der Waals surface area contributed by atoms with E-state index in [1.165, 1.54) is 12.8 Å². The van der Waals surface area contributed by atoms with E-state index >= 15 is 0 Å². The number of rotatable bonds is 9. The summed E-state index contributed by atoms with van der Waals surface area (Å²) in [6.07, 6.45) is 6.50. The standard InChI is InChI=1S/C10H24N6/c1-14-16-9(11)7-5-3-2-4-6-8-15-10(12)13/h14H,2-8H2,1H3,(H2,11,16)(H4,12,13,15). The van der Waals surface area contributed by atoms with Gasteiger partial charge in [0.25, 0.3) is 0 Å². The van der Waals surface area contributed by atoms with Crippen molar-refractivity contribution >= 4 is 11.8 Å². The van der Waals surface area contributed by atoms with Gasteiger partial charge in [0.2, 0.25) is 0 Å². The number of amidine groups is 1. The molecule has 0 rings (SSSR count). The number of nitrogens with zero attached hydrogens (tertiary/aromatic N) is 1. The molecule has 0 aliphatic heterocycles. The molecule has 0 amide bonds. The molecule has 0 atom stereocenters. The Hall–Kier alpha value is -1.46. The van der Waals surface area contributed by atoms with Gasteiger partial charge in [0, 0.05) is 20.0 Å². The Balaban J connectivity index is 3.15. The summed E-state index contributed by atoms with van der Waals surface area (Å²) in [5, 5.41) is 13.6. The molecule has 7 N–H and O–H groups in total. The maximum absolute atomic E-state index is 6.96. The van der Waals surface area contributed by atoms with Crippen LogP contribution in [0.2, 0.25) is 0 Å². The molecule has 0 radical (unpaired) electrons. The second-order valence-corrected chi connectivity index (χ2v) is 3.68. The third kappa shape index (κ3) is 10.6. The Morgan fingerprint density at radius 3 is 2.38 bits per heavy atom. The second-order valence-electron chi connectivity index (χ2n) is 3.68. The van der Waals surface area contributed by atoms with Gasteiger partial charge in [-0.1, -0.05) is 19.3 Å². The van der Waals surface area contributed by atoms with Gasteiger partial charge >= 0.3 is 0 Å². The van der Waals surface area contributed by atoms with Crippen molar-refractivity contribution in [3.05, 3.63) is 0 Å². The predicted molar refractivity (Wildman–Crippen MR) is 68.3 cm³/mol. The molecule has 94 valence electrons. The average molecular weight is 228 g/mol. The number of nitrogens with one attached hydrogen (secondary N) is 3. The van der Waals surface area contributed by atoms with Crippen molar-refractivity contribution in [2.45, 2.75) is 38.5 Å². The monoisotopic (exact) mass is 228 g/mol. The first-order valence-corrected chi connectivity index (χ1v) is 5.73. The van der Waals surface area contributed by atoms with E-state index in [2.05, 4.69) is 15.8 Å². The van der Waals surface area contributed by atoms with Gasteiger partial charge in [0.15, 0.2) is 5.96 Å². The summed E-state index contributed by atoms with van der Waals surface area (Å²) in [5.41, 5.74) is 13.4. The zero-order chi connectivity index (χ0) is 12.2. The first-order valence-electron chi connectivity index (χ1n) is 5.73. The van der Waals surface area contributed by atoms with Crippen LogP contribution in [0.15, 0.2) is 5.10 Å². The van der Waals surface area contributed by atoms with Crippen LogP contribution in [0.1, 0.15) is 38.5 Å². The van der Waals surface area contributed by atoms with Crippen LogP contribution in [0.25, 0.3) is 0 Å². The third-order valence-corrected chi connectivity index (χ3v) is 2.18. The van der Waals surface area contributed by atoms with E-state index in [4.69, 9.17) is 16.9 Å². The van der Waals surface area contributed by atoms with Crippen LogP contribution in [0, 0.1) is 5.41 Å². The summed E-state index contributed by atoms with van der Waals surface area (Å²) in [5.74, 6) is 0.719. The number of unbranched alkanes of at least 4 members (excludes halogenated alkanes) is 4. The van der Waals surface area contributed by atoms with E-state index in [0.717, 1.165) is 32.2 Å². The van der Waals surface area contributed by atoms with E-state index in [1.54, 1.807) is 7.05 Å². The highest BCUT2D eigenvalue weighted by molar-refractivity contribution is 5.79. The molecular weight excluding hydrogens is 204 g/mol. The van der Waals surface area contributed by atoms with Crippen molar-refractivity contribution in [2.75, 3.05) is 13.6 Å². The lowest BCUT2D eigenvalue weighted by atomic mass is 10.1. The Morgan fingerprint density at radius 1 is 1.12 bits per heavy atom. The van der Waals surface area contributed by atoms with Gasteiger partial charge in [0.05, 0.1) is 0 Å². The first kappa shape index (κ1) is 14.5. The molecule has 0 aromatic carbocycles. The van der Waals surface area contributed by atoms with Gasteiger partial charge in [-0.25, -0.2) is 0 Å². The summed E-state index contributed by atoms with van der Waals surface area (Å²) < 4.78 is 0. The maximum atomic E-state index is 6.96. The van der Waals surface area contributed by atoms with E-state index in [1.807, 2.05) is 0 Å². The number of hydrazone groups is 1. The van der Waals surface area contributed by atoms with E-state index in [0.29, 0.717) is 5.84 Å². The van der Waals surface area contributed by atoms with Crippen LogP contribution in [-0.4, -0.2) is 25.4 Å². The fraction of sp³-hybridized carbons (Fsp3) is 0.800. The number of hydrogen-bond donors (Lipinski definition) is 5. The summed E-state index contributed by atoms with van der Waals surface area (Å²) >= 11 is 0. The minimum absolute atomic E-state index is 0.0519. The topological polar surface area (TPSA) is 112 Å². The fourth-order valence-corrected chi connectivity index (χ4v) is 1.38. The Labute approximate surface area is 97.4 Å². The Morgan fingerprint density at radius 2 is 1.75 bits per heavy atom. The zero-order valence-electron chi connectivity index (χ0n) is 10.1. The molecule has 6 heteroatoms. The van der Waals surface area contributed by atoms with Crippen LogP contribution in [0.3, 0.4) is 0 Å². The number of guanidine groups is 1. The molecule has 0 unspecified atom stereocenters. The van der Waals surface area contributed by atoms with Crippen LogP contribution in [0.4, 0.5) is 0 Å². The van der Waals surface area contributed by atoms with Gasteiger partial charge in [-0.2, -0.15) is 5.10 Å². The lowest BCUT2D eigenvalue weighted by Gasteiger charge is -2.03. The third-order valence-electron chi connectivity index (χ3n) is 2.18. The highest BCUT2D eigenvalue weighted by atomic mass is 15.3. The lowest BCUT2D eigenvalue weighted by molar-refractivity contribution is 0.613. The summed E-state index contributed by atoms with van der Waals surface area (Å²) in [4.78, 5) is 0. The normalized spacial score (nSPS) is 11.2. The minimum Gasteiger partial charge on any atom is -0.386 e. The van der Waals surface area contributed by atoms with Crippen molar-refractivity contribution < 1.29 is 0 Å². The maximum Gasteiger partial charge on any atom is 0.185 e. The van der Waals surface area contributed by atoms with Crippen molar-refractivity contribution in [1.82, 2.24) is 10.7 Å². The molecule has 0 saturated heterocycles. The molecule has 0 aliphatic rings. The zero-order valence-corrected chi connectivity index (χ0v) is 10.1. The largest absolute Gasteiger partial charge is 0.386 e. The average Bonchev–Trinajstić information content (AvgIpc) is 2.22. The summed E-state index contributed by atoms with van der Waals surface area (Å²) in [7, 11) is 1.74. The molecule has 16 heavy (non-hydrogen) atoms. The van der Waals surface area contributed by atoms with Crippen LogP contribution < -0.4 is 22.2 Å². The number of hydrogen-bond acceptors (Lipinski definition) is 3. The van der Waals surface area contributed by atoms with Crippen LogP contribution >= 0.6 is 0 Å². The molecule has 0 bridgehead atoms.